The molecular weight excluding hydrogens is 579 g/mol. The van der Waals surface area contributed by atoms with Gasteiger partial charge in [-0.25, -0.2) is 16.0 Å². The van der Waals surface area contributed by atoms with Gasteiger partial charge in [-0.1, -0.05) is 36.9 Å². The summed E-state index contributed by atoms with van der Waals surface area (Å²) in [6, 6.07) is 7.34. The number of allylic oxidation sites excluding steroid dienone is 2. The average Bonchev–Trinajstić information content (AvgIpc) is 3.67. The third-order valence-corrected chi connectivity index (χ3v) is 11.0. The molecule has 0 spiro atoms. The number of ether oxygens (including phenoxy) is 1. The van der Waals surface area contributed by atoms with Crippen molar-refractivity contribution >= 4 is 17.4 Å². The summed E-state index contributed by atoms with van der Waals surface area (Å²) in [5, 5.41) is 10.6. The second-order valence-corrected chi connectivity index (χ2v) is 13.4. The van der Waals surface area contributed by atoms with Crippen LogP contribution < -0.4 is 0 Å². The third-order valence-electron chi connectivity index (χ3n) is 11.0. The van der Waals surface area contributed by atoms with Crippen molar-refractivity contribution in [2.24, 2.45) is 10.9 Å². The lowest BCUT2D eigenvalue weighted by atomic mass is 9.79. The summed E-state index contributed by atoms with van der Waals surface area (Å²) >= 11 is 0. The molecule has 1 aromatic carbocycles. The summed E-state index contributed by atoms with van der Waals surface area (Å²) in [4.78, 5) is 27.4. The number of rotatable bonds is 6. The van der Waals surface area contributed by atoms with Gasteiger partial charge >= 0.3 is 0 Å². The minimum Gasteiger partial charge on any atom is -0.475 e. The minimum absolute atomic E-state index is 0.0629. The SMILES string of the molecule is [C-]#[N+]C[C@H]1CN(C2=C(C#N)C(OCC34CCCN3CCC4)=NC3C(F)=C(c4cccc5c4CCCC5)C=CC23)CCN1C(=O)C=C. The largest absolute Gasteiger partial charge is 0.475 e. The van der Waals surface area contributed by atoms with Crippen LogP contribution in [0.3, 0.4) is 0 Å². The van der Waals surface area contributed by atoms with E-state index >= 15 is 4.39 Å². The molecule has 3 saturated heterocycles. The molecule has 4 aliphatic heterocycles. The number of nitriles is 1. The molecule has 238 valence electrons. The molecule has 8 nitrogen and oxygen atoms in total. The zero-order valence-corrected chi connectivity index (χ0v) is 26.4. The van der Waals surface area contributed by atoms with Crippen molar-refractivity contribution in [2.75, 3.05) is 45.9 Å². The van der Waals surface area contributed by atoms with Crippen LogP contribution in [0.5, 0.6) is 0 Å². The second kappa shape index (κ2) is 12.5. The number of carbonyl (C=O) groups excluding carboxylic acids is 1. The Kier molecular flexibility index (Phi) is 8.29. The number of amides is 1. The van der Waals surface area contributed by atoms with E-state index in [2.05, 4.69) is 33.4 Å². The van der Waals surface area contributed by atoms with E-state index < -0.39 is 12.0 Å². The van der Waals surface area contributed by atoms with Crippen LogP contribution in [0.1, 0.15) is 55.2 Å². The molecule has 1 amide bonds. The smallest absolute Gasteiger partial charge is 0.246 e. The number of dihydropyridines is 1. The lowest BCUT2D eigenvalue weighted by Gasteiger charge is -2.45. The fourth-order valence-corrected chi connectivity index (χ4v) is 8.79. The Morgan fingerprint density at radius 2 is 2.00 bits per heavy atom. The molecule has 4 heterocycles. The highest BCUT2D eigenvalue weighted by Crippen LogP contribution is 2.44. The maximum Gasteiger partial charge on any atom is 0.246 e. The predicted molar refractivity (Wildman–Crippen MR) is 175 cm³/mol. The van der Waals surface area contributed by atoms with Crippen LogP contribution in [0.15, 0.2) is 65.1 Å². The zero-order chi connectivity index (χ0) is 31.8. The maximum absolute atomic E-state index is 17.0. The van der Waals surface area contributed by atoms with Crippen molar-refractivity contribution in [2.45, 2.75) is 69.0 Å². The molecule has 6 aliphatic rings. The Morgan fingerprint density at radius 1 is 1.20 bits per heavy atom. The van der Waals surface area contributed by atoms with Crippen LogP contribution in [-0.4, -0.2) is 90.0 Å². The topological polar surface area (TPSA) is 76.5 Å². The van der Waals surface area contributed by atoms with E-state index in [1.54, 1.807) is 4.90 Å². The Balaban J connectivity index is 1.28. The first kappa shape index (κ1) is 30.4. The van der Waals surface area contributed by atoms with E-state index in [-0.39, 0.29) is 35.8 Å². The van der Waals surface area contributed by atoms with Crippen molar-refractivity contribution < 1.29 is 13.9 Å². The average molecular weight is 621 g/mol. The van der Waals surface area contributed by atoms with Crippen molar-refractivity contribution in [3.05, 3.63) is 88.2 Å². The van der Waals surface area contributed by atoms with E-state index in [1.807, 2.05) is 24.3 Å². The molecule has 0 N–H and O–H groups in total. The molecule has 3 atom stereocenters. The quantitative estimate of drug-likeness (QED) is 0.321. The van der Waals surface area contributed by atoms with Gasteiger partial charge < -0.3 is 19.4 Å². The Morgan fingerprint density at radius 3 is 2.76 bits per heavy atom. The van der Waals surface area contributed by atoms with Gasteiger partial charge in [-0.15, -0.1) is 0 Å². The molecule has 7 rings (SSSR count). The molecule has 9 heteroatoms. The van der Waals surface area contributed by atoms with E-state index in [0.717, 1.165) is 70.0 Å². The van der Waals surface area contributed by atoms with Gasteiger partial charge in [0, 0.05) is 36.8 Å². The number of halogens is 1. The fourth-order valence-electron chi connectivity index (χ4n) is 8.79. The second-order valence-electron chi connectivity index (χ2n) is 13.4. The number of hydrogen-bond acceptors (Lipinski definition) is 6. The van der Waals surface area contributed by atoms with Crippen LogP contribution in [0.2, 0.25) is 0 Å². The number of piperazine rings is 1. The molecule has 0 radical (unpaired) electrons. The number of aliphatic imine (C=N–C) groups is 1. The third kappa shape index (κ3) is 5.15. The zero-order valence-electron chi connectivity index (χ0n) is 26.4. The van der Waals surface area contributed by atoms with Crippen molar-refractivity contribution in [1.82, 2.24) is 14.7 Å². The predicted octanol–water partition coefficient (Wildman–Crippen LogP) is 5.25. The van der Waals surface area contributed by atoms with Crippen LogP contribution in [0, 0.1) is 23.8 Å². The van der Waals surface area contributed by atoms with Gasteiger partial charge in [-0.3, -0.25) is 9.69 Å². The van der Waals surface area contributed by atoms with E-state index in [4.69, 9.17) is 16.3 Å². The number of benzene rings is 1. The molecule has 3 fully saturated rings. The standard InChI is InChI=1S/C37H41FN6O2/c1-3-32(45)44-20-19-42(23-26(44)22-40-2)35-30-14-13-29(28-12-6-10-25-9-4-5-11-27(25)28)33(38)34(30)41-36(31(35)21-39)46-24-37-15-7-17-43(37)18-8-16-37/h3,6,10,12-14,26,30,34H,1,4-5,7-9,11,15-20,22-24H2/t26-,30?,34?/m0/s1. The van der Waals surface area contributed by atoms with Crippen LogP contribution in [0.4, 0.5) is 4.39 Å². The van der Waals surface area contributed by atoms with Gasteiger partial charge in [0.15, 0.2) is 0 Å². The molecule has 46 heavy (non-hydrogen) atoms. The van der Waals surface area contributed by atoms with E-state index in [0.29, 0.717) is 43.1 Å². The Hall–Kier alpha value is -4.21. The maximum atomic E-state index is 17.0. The van der Waals surface area contributed by atoms with E-state index in [1.165, 1.54) is 17.2 Å². The number of hydrogen-bond donors (Lipinski definition) is 0. The van der Waals surface area contributed by atoms with Gasteiger partial charge in [0.05, 0.1) is 5.54 Å². The lowest BCUT2D eigenvalue weighted by Crippen LogP contribution is -2.57. The molecule has 0 saturated carbocycles. The summed E-state index contributed by atoms with van der Waals surface area (Å²) in [6.45, 7) is 15.0. The van der Waals surface area contributed by atoms with Gasteiger partial charge in [0.2, 0.25) is 18.3 Å². The van der Waals surface area contributed by atoms with Gasteiger partial charge in [0.1, 0.15) is 36.2 Å². The highest BCUT2D eigenvalue weighted by atomic mass is 19.1. The molecule has 2 unspecified atom stereocenters. The summed E-state index contributed by atoms with van der Waals surface area (Å²) in [6.07, 6.45) is 13.7. The van der Waals surface area contributed by atoms with Gasteiger partial charge in [-0.05, 0) is 87.2 Å². The summed E-state index contributed by atoms with van der Waals surface area (Å²) in [5.41, 5.74) is 4.93. The normalized spacial score (nSPS) is 26.9. The van der Waals surface area contributed by atoms with Crippen LogP contribution in [0.25, 0.3) is 10.4 Å². The highest BCUT2D eigenvalue weighted by Gasteiger charge is 2.47. The summed E-state index contributed by atoms with van der Waals surface area (Å²) in [7, 11) is 0. The van der Waals surface area contributed by atoms with Gasteiger partial charge in [-0.2, -0.15) is 5.26 Å². The molecule has 0 aromatic heterocycles. The number of carbonyl (C=O) groups is 1. The number of nitrogens with zero attached hydrogens (tertiary/aromatic N) is 6. The Labute approximate surface area is 271 Å². The lowest BCUT2D eigenvalue weighted by molar-refractivity contribution is -0.130. The molecule has 1 aromatic rings. The minimum atomic E-state index is -0.866. The van der Waals surface area contributed by atoms with Gasteiger partial charge in [0.25, 0.3) is 0 Å². The first-order chi connectivity index (χ1) is 22.5. The molecule has 0 bridgehead atoms. The number of fused-ring (bicyclic) bond motifs is 3. The summed E-state index contributed by atoms with van der Waals surface area (Å²) < 4.78 is 23.5. The van der Waals surface area contributed by atoms with Crippen molar-refractivity contribution in [1.29, 1.82) is 5.26 Å². The first-order valence-corrected chi connectivity index (χ1v) is 16.8. The summed E-state index contributed by atoms with van der Waals surface area (Å²) in [5.74, 6) is -0.817. The van der Waals surface area contributed by atoms with Crippen molar-refractivity contribution in [3.63, 3.8) is 0 Å². The van der Waals surface area contributed by atoms with Crippen LogP contribution >= 0.6 is 0 Å². The van der Waals surface area contributed by atoms with Crippen molar-refractivity contribution in [3.8, 4) is 6.07 Å². The fraction of sp³-hybridized carbons (Fsp3) is 0.514. The van der Waals surface area contributed by atoms with E-state index in [9.17, 15) is 10.1 Å². The highest BCUT2D eigenvalue weighted by molar-refractivity contribution is 6.00. The monoisotopic (exact) mass is 620 g/mol. The molecule has 2 aliphatic carbocycles. The molecular formula is C37H41FN6O2. The first-order valence-electron chi connectivity index (χ1n) is 16.8. The number of aryl methyl sites for hydroxylation is 1. The van der Waals surface area contributed by atoms with Crippen LogP contribution in [-0.2, 0) is 22.4 Å². The Bertz CT molecular complexity index is 1630.